The topological polar surface area (TPSA) is 29.1 Å². The maximum absolute atomic E-state index is 11.9. The molecule has 1 rings (SSSR count). The molecule has 1 aromatic carbocycles. The van der Waals surface area contributed by atoms with Gasteiger partial charge in [0.15, 0.2) is 0 Å². The van der Waals surface area contributed by atoms with Crippen LogP contribution in [0.25, 0.3) is 0 Å². The molecule has 0 bridgehead atoms. The van der Waals surface area contributed by atoms with Crippen molar-refractivity contribution in [3.8, 4) is 0 Å². The summed E-state index contributed by atoms with van der Waals surface area (Å²) in [6, 6.07) is 7.71. The van der Waals surface area contributed by atoms with Crippen molar-refractivity contribution < 1.29 is 4.79 Å². The van der Waals surface area contributed by atoms with Gasteiger partial charge in [-0.15, -0.1) is 0 Å². The van der Waals surface area contributed by atoms with Gasteiger partial charge in [0.2, 0.25) is 0 Å². The maximum atomic E-state index is 11.9. The Hall–Kier alpha value is -0.830. The van der Waals surface area contributed by atoms with Crippen LogP contribution in [0.3, 0.4) is 0 Å². The van der Waals surface area contributed by atoms with Crippen LogP contribution < -0.4 is 5.32 Å². The van der Waals surface area contributed by atoms with Gasteiger partial charge >= 0.3 is 0 Å². The van der Waals surface area contributed by atoms with Gasteiger partial charge in [-0.3, -0.25) is 4.79 Å². The minimum Gasteiger partial charge on any atom is -0.350 e. The number of hydrogen-bond acceptors (Lipinski definition) is 1. The molecule has 1 atom stereocenters. The summed E-state index contributed by atoms with van der Waals surface area (Å²) in [5.74, 6) is 0.00954. The Morgan fingerprint density at radius 3 is 2.82 bits per heavy atom. The average Bonchev–Trinajstić information content (AvgIpc) is 2.29. The first-order valence-corrected chi connectivity index (χ1v) is 6.99. The Balaban J connectivity index is 2.43. The zero-order chi connectivity index (χ0) is 12.7. The number of hydrogen-bond donors (Lipinski definition) is 1. The van der Waals surface area contributed by atoms with E-state index in [9.17, 15) is 4.79 Å². The average molecular weight is 298 g/mol. The van der Waals surface area contributed by atoms with Crippen LogP contribution in [-0.2, 0) is 0 Å². The highest BCUT2D eigenvalue weighted by Gasteiger charge is 2.09. The van der Waals surface area contributed by atoms with Gasteiger partial charge in [0.1, 0.15) is 0 Å². The Labute approximate surface area is 112 Å². The van der Waals surface area contributed by atoms with Gasteiger partial charge in [0.05, 0.1) is 0 Å². The number of amides is 1. The zero-order valence-corrected chi connectivity index (χ0v) is 12.1. The van der Waals surface area contributed by atoms with Crippen LogP contribution in [0.4, 0.5) is 0 Å². The van der Waals surface area contributed by atoms with E-state index in [4.69, 9.17) is 0 Å². The van der Waals surface area contributed by atoms with Crippen molar-refractivity contribution in [2.45, 2.75) is 45.6 Å². The Morgan fingerprint density at radius 1 is 1.41 bits per heavy atom. The maximum Gasteiger partial charge on any atom is 0.251 e. The highest BCUT2D eigenvalue weighted by Crippen LogP contribution is 2.12. The van der Waals surface area contributed by atoms with Crippen LogP contribution in [0, 0.1) is 0 Å². The summed E-state index contributed by atoms with van der Waals surface area (Å²) in [5.41, 5.74) is 0.710. The van der Waals surface area contributed by atoms with Crippen LogP contribution in [0.2, 0.25) is 0 Å². The second kappa shape index (κ2) is 7.49. The molecule has 1 aromatic rings. The third-order valence-electron chi connectivity index (χ3n) is 2.70. The number of benzene rings is 1. The Bertz CT molecular complexity index is 365. The molecule has 17 heavy (non-hydrogen) atoms. The van der Waals surface area contributed by atoms with Crippen LogP contribution in [-0.4, -0.2) is 11.9 Å². The van der Waals surface area contributed by atoms with E-state index in [1.165, 1.54) is 19.3 Å². The standard InChI is InChI=1S/C14H20BrNO/c1-3-4-5-7-11(2)16-14(17)12-8-6-9-13(15)10-12/h6,8-11H,3-5,7H2,1-2H3,(H,16,17). The van der Waals surface area contributed by atoms with Gasteiger partial charge < -0.3 is 5.32 Å². The SMILES string of the molecule is CCCCCC(C)NC(=O)c1cccc(Br)c1. The van der Waals surface area contributed by atoms with E-state index in [1.54, 1.807) is 0 Å². The van der Waals surface area contributed by atoms with Gasteiger partial charge in [-0.05, 0) is 31.5 Å². The molecule has 1 N–H and O–H groups in total. The van der Waals surface area contributed by atoms with E-state index in [-0.39, 0.29) is 11.9 Å². The van der Waals surface area contributed by atoms with E-state index in [2.05, 4.69) is 35.1 Å². The molecule has 1 amide bonds. The predicted octanol–water partition coefficient (Wildman–Crippen LogP) is 4.15. The molecular weight excluding hydrogens is 278 g/mol. The second-order valence-electron chi connectivity index (χ2n) is 4.38. The summed E-state index contributed by atoms with van der Waals surface area (Å²) in [6.45, 7) is 4.25. The van der Waals surface area contributed by atoms with Crippen molar-refractivity contribution in [2.75, 3.05) is 0 Å². The number of nitrogens with one attached hydrogen (secondary N) is 1. The molecular formula is C14H20BrNO. The normalized spacial score (nSPS) is 12.2. The third kappa shape index (κ3) is 5.35. The number of unbranched alkanes of at least 4 members (excludes halogenated alkanes) is 2. The van der Waals surface area contributed by atoms with Gasteiger partial charge in [-0.1, -0.05) is 48.2 Å². The summed E-state index contributed by atoms with van der Waals surface area (Å²) in [7, 11) is 0. The molecule has 0 fully saturated rings. The number of carbonyl (C=O) groups is 1. The van der Waals surface area contributed by atoms with Crippen molar-refractivity contribution >= 4 is 21.8 Å². The fourth-order valence-corrected chi connectivity index (χ4v) is 2.11. The molecule has 0 saturated carbocycles. The molecule has 0 aliphatic carbocycles. The molecule has 0 heterocycles. The first-order valence-electron chi connectivity index (χ1n) is 6.20. The van der Waals surface area contributed by atoms with Crippen molar-refractivity contribution in [3.05, 3.63) is 34.3 Å². The molecule has 3 heteroatoms. The molecule has 0 radical (unpaired) electrons. The van der Waals surface area contributed by atoms with Crippen LogP contribution in [0.15, 0.2) is 28.7 Å². The van der Waals surface area contributed by atoms with E-state index in [1.807, 2.05) is 24.3 Å². The second-order valence-corrected chi connectivity index (χ2v) is 5.30. The van der Waals surface area contributed by atoms with Crippen molar-refractivity contribution in [1.82, 2.24) is 5.32 Å². The summed E-state index contributed by atoms with van der Waals surface area (Å²) >= 11 is 3.37. The van der Waals surface area contributed by atoms with Gasteiger partial charge in [-0.2, -0.15) is 0 Å². The fourth-order valence-electron chi connectivity index (χ4n) is 1.71. The number of halogens is 1. The van der Waals surface area contributed by atoms with Gasteiger partial charge in [0, 0.05) is 16.1 Å². The summed E-state index contributed by atoms with van der Waals surface area (Å²) in [5, 5.41) is 3.02. The lowest BCUT2D eigenvalue weighted by Gasteiger charge is -2.13. The van der Waals surface area contributed by atoms with Gasteiger partial charge in [0.25, 0.3) is 5.91 Å². The molecule has 1 unspecified atom stereocenters. The number of rotatable bonds is 6. The molecule has 2 nitrogen and oxygen atoms in total. The number of carbonyl (C=O) groups excluding carboxylic acids is 1. The van der Waals surface area contributed by atoms with Crippen LogP contribution >= 0.6 is 15.9 Å². The quantitative estimate of drug-likeness (QED) is 0.785. The highest BCUT2D eigenvalue weighted by molar-refractivity contribution is 9.10. The lowest BCUT2D eigenvalue weighted by Crippen LogP contribution is -2.32. The molecule has 0 saturated heterocycles. The molecule has 94 valence electrons. The summed E-state index contributed by atoms with van der Waals surface area (Å²) in [6.07, 6.45) is 4.67. The van der Waals surface area contributed by atoms with Crippen molar-refractivity contribution in [2.24, 2.45) is 0 Å². The smallest absolute Gasteiger partial charge is 0.251 e. The van der Waals surface area contributed by atoms with Gasteiger partial charge in [-0.25, -0.2) is 0 Å². The van der Waals surface area contributed by atoms with E-state index < -0.39 is 0 Å². The lowest BCUT2D eigenvalue weighted by molar-refractivity contribution is 0.0938. The minimum atomic E-state index is 0.00954. The van der Waals surface area contributed by atoms with Crippen molar-refractivity contribution in [3.63, 3.8) is 0 Å². The summed E-state index contributed by atoms with van der Waals surface area (Å²) in [4.78, 5) is 11.9. The molecule has 0 spiro atoms. The van der Waals surface area contributed by atoms with Crippen LogP contribution in [0.5, 0.6) is 0 Å². The molecule has 0 aromatic heterocycles. The predicted molar refractivity (Wildman–Crippen MR) is 75.2 cm³/mol. The zero-order valence-electron chi connectivity index (χ0n) is 10.5. The van der Waals surface area contributed by atoms with E-state index in [0.29, 0.717) is 5.56 Å². The lowest BCUT2D eigenvalue weighted by atomic mass is 10.1. The Morgan fingerprint density at radius 2 is 2.18 bits per heavy atom. The highest BCUT2D eigenvalue weighted by atomic mass is 79.9. The first-order chi connectivity index (χ1) is 8.13. The summed E-state index contributed by atoms with van der Waals surface area (Å²) < 4.78 is 0.934. The fraction of sp³-hybridized carbons (Fsp3) is 0.500. The third-order valence-corrected chi connectivity index (χ3v) is 3.20. The largest absolute Gasteiger partial charge is 0.350 e. The van der Waals surface area contributed by atoms with E-state index >= 15 is 0 Å². The first kappa shape index (κ1) is 14.2. The van der Waals surface area contributed by atoms with Crippen molar-refractivity contribution in [1.29, 1.82) is 0 Å². The Kier molecular flexibility index (Phi) is 6.27. The van der Waals surface area contributed by atoms with Crippen LogP contribution in [0.1, 0.15) is 49.9 Å². The molecule has 0 aliphatic rings. The van der Waals surface area contributed by atoms with E-state index in [0.717, 1.165) is 10.9 Å². The minimum absolute atomic E-state index is 0.00954. The molecule has 0 aliphatic heterocycles. The monoisotopic (exact) mass is 297 g/mol.